The van der Waals surface area contributed by atoms with Gasteiger partial charge in [0.05, 0.1) is 0 Å². The maximum atomic E-state index is 5.54. The van der Waals surface area contributed by atoms with Crippen LogP contribution in [0.2, 0.25) is 13.1 Å². The van der Waals surface area contributed by atoms with E-state index in [2.05, 4.69) is 46.0 Å². The average Bonchev–Trinajstić information content (AvgIpc) is 1.83. The third kappa shape index (κ3) is 9.92. The van der Waals surface area contributed by atoms with Crippen LogP contribution in [0.1, 0.15) is 27.2 Å². The minimum Gasteiger partial charge on any atom is -0.420 e. The molecule has 1 nitrogen and oxygen atoms in total. The SMILES string of the molecule is C[SiH](C)OCCC=CC(C)(C)C. The molecule has 0 saturated carbocycles. The predicted molar refractivity (Wildman–Crippen MR) is 58.0 cm³/mol. The summed E-state index contributed by atoms with van der Waals surface area (Å²) in [5.74, 6) is 0. The molecule has 0 atom stereocenters. The molecule has 0 aromatic rings. The van der Waals surface area contributed by atoms with Crippen molar-refractivity contribution >= 4 is 9.04 Å². The minimum atomic E-state index is -0.789. The second-order valence-corrected chi connectivity index (χ2v) is 6.91. The summed E-state index contributed by atoms with van der Waals surface area (Å²) in [7, 11) is -0.789. The van der Waals surface area contributed by atoms with Gasteiger partial charge in [0, 0.05) is 6.61 Å². The van der Waals surface area contributed by atoms with Gasteiger partial charge in [0.1, 0.15) is 0 Å². The van der Waals surface area contributed by atoms with Crippen LogP contribution in [-0.4, -0.2) is 15.6 Å². The highest BCUT2D eigenvalue weighted by molar-refractivity contribution is 6.48. The molecule has 0 amide bonds. The molecule has 0 heterocycles. The Morgan fingerprint density at radius 3 is 2.25 bits per heavy atom. The third-order valence-electron chi connectivity index (χ3n) is 1.35. The molecule has 0 N–H and O–H groups in total. The van der Waals surface area contributed by atoms with Crippen molar-refractivity contribution in [3.8, 4) is 0 Å². The second-order valence-electron chi connectivity index (χ2n) is 4.48. The van der Waals surface area contributed by atoms with Crippen molar-refractivity contribution in [3.05, 3.63) is 12.2 Å². The van der Waals surface area contributed by atoms with Crippen LogP contribution in [0.25, 0.3) is 0 Å². The van der Waals surface area contributed by atoms with E-state index in [1.54, 1.807) is 0 Å². The highest BCUT2D eigenvalue weighted by Crippen LogP contribution is 2.14. The van der Waals surface area contributed by atoms with Crippen molar-refractivity contribution < 1.29 is 4.43 Å². The molecule has 2 heteroatoms. The molecule has 0 fully saturated rings. The Hall–Kier alpha value is -0.0831. The first-order valence-electron chi connectivity index (χ1n) is 4.71. The van der Waals surface area contributed by atoms with Crippen LogP contribution in [0.5, 0.6) is 0 Å². The quantitative estimate of drug-likeness (QED) is 0.372. The first kappa shape index (κ1) is 11.9. The summed E-state index contributed by atoms with van der Waals surface area (Å²) >= 11 is 0. The van der Waals surface area contributed by atoms with Crippen LogP contribution in [-0.2, 0) is 4.43 Å². The summed E-state index contributed by atoms with van der Waals surface area (Å²) in [4.78, 5) is 0. The van der Waals surface area contributed by atoms with Gasteiger partial charge in [0.25, 0.3) is 0 Å². The number of hydrogen-bond acceptors (Lipinski definition) is 1. The van der Waals surface area contributed by atoms with Gasteiger partial charge in [-0.2, -0.15) is 0 Å². The Labute approximate surface area is 78.5 Å². The molecule has 0 saturated heterocycles. The van der Waals surface area contributed by atoms with Crippen molar-refractivity contribution in [2.45, 2.75) is 40.3 Å². The fourth-order valence-electron chi connectivity index (χ4n) is 0.809. The molecule has 12 heavy (non-hydrogen) atoms. The number of allylic oxidation sites excluding steroid dienone is 1. The molecule has 0 rings (SSSR count). The Balaban J connectivity index is 3.37. The van der Waals surface area contributed by atoms with E-state index in [1.807, 2.05) is 0 Å². The van der Waals surface area contributed by atoms with Crippen LogP contribution in [0.4, 0.5) is 0 Å². The van der Waals surface area contributed by atoms with Gasteiger partial charge in [-0.15, -0.1) is 0 Å². The Morgan fingerprint density at radius 1 is 1.25 bits per heavy atom. The zero-order valence-electron chi connectivity index (χ0n) is 9.05. The Morgan fingerprint density at radius 2 is 1.83 bits per heavy atom. The molecule has 0 unspecified atom stereocenters. The van der Waals surface area contributed by atoms with Crippen LogP contribution < -0.4 is 0 Å². The van der Waals surface area contributed by atoms with E-state index in [9.17, 15) is 0 Å². The molecule has 0 bridgehead atoms. The van der Waals surface area contributed by atoms with Gasteiger partial charge in [-0.05, 0) is 24.9 Å². The van der Waals surface area contributed by atoms with Crippen molar-refractivity contribution in [3.63, 3.8) is 0 Å². The predicted octanol–water partition coefficient (Wildman–Crippen LogP) is 2.98. The number of rotatable bonds is 4. The van der Waals surface area contributed by atoms with E-state index in [-0.39, 0.29) is 0 Å². The van der Waals surface area contributed by atoms with Gasteiger partial charge < -0.3 is 4.43 Å². The van der Waals surface area contributed by atoms with E-state index in [0.29, 0.717) is 5.41 Å². The largest absolute Gasteiger partial charge is 0.420 e. The van der Waals surface area contributed by atoms with Crippen molar-refractivity contribution in [1.29, 1.82) is 0 Å². The van der Waals surface area contributed by atoms with Gasteiger partial charge >= 0.3 is 0 Å². The van der Waals surface area contributed by atoms with E-state index in [0.717, 1.165) is 13.0 Å². The average molecular weight is 186 g/mol. The molecular formula is C10H22OSi. The third-order valence-corrected chi connectivity index (χ3v) is 2.26. The lowest BCUT2D eigenvalue weighted by atomic mass is 9.96. The van der Waals surface area contributed by atoms with Gasteiger partial charge in [-0.25, -0.2) is 0 Å². The number of hydrogen-bond donors (Lipinski definition) is 0. The second kappa shape index (κ2) is 5.54. The first-order chi connectivity index (χ1) is 5.42. The first-order valence-corrected chi connectivity index (χ1v) is 7.49. The summed E-state index contributed by atoms with van der Waals surface area (Å²) < 4.78 is 5.54. The lowest BCUT2D eigenvalue weighted by Crippen LogP contribution is -2.08. The highest BCUT2D eigenvalue weighted by Gasteiger charge is 2.02. The fourth-order valence-corrected chi connectivity index (χ4v) is 1.42. The zero-order valence-corrected chi connectivity index (χ0v) is 10.2. The molecule has 0 aromatic carbocycles. The maximum Gasteiger partial charge on any atom is 0.170 e. The van der Waals surface area contributed by atoms with Crippen molar-refractivity contribution in [1.82, 2.24) is 0 Å². The summed E-state index contributed by atoms with van der Waals surface area (Å²) in [6, 6.07) is 0. The van der Waals surface area contributed by atoms with E-state index in [1.165, 1.54) is 0 Å². The fraction of sp³-hybridized carbons (Fsp3) is 0.800. The molecule has 0 aliphatic heterocycles. The summed E-state index contributed by atoms with van der Waals surface area (Å²) in [6.07, 6.45) is 5.53. The highest BCUT2D eigenvalue weighted by atomic mass is 28.3. The van der Waals surface area contributed by atoms with Crippen LogP contribution in [0, 0.1) is 5.41 Å². The topological polar surface area (TPSA) is 9.23 Å². The van der Waals surface area contributed by atoms with Gasteiger partial charge in [0.2, 0.25) is 0 Å². The summed E-state index contributed by atoms with van der Waals surface area (Å²) in [6.45, 7) is 11.9. The van der Waals surface area contributed by atoms with Crippen LogP contribution >= 0.6 is 0 Å². The smallest absolute Gasteiger partial charge is 0.170 e. The Kier molecular flexibility index (Phi) is 5.50. The van der Waals surface area contributed by atoms with Crippen LogP contribution in [0.15, 0.2) is 12.2 Å². The standard InChI is InChI=1S/C10H22OSi/c1-10(2,3)8-6-7-9-11-12(4)5/h6,8,12H,7,9H2,1-5H3. The molecule has 0 spiro atoms. The molecule has 0 aromatic heterocycles. The molecule has 0 aliphatic carbocycles. The lowest BCUT2D eigenvalue weighted by molar-refractivity contribution is 0.333. The van der Waals surface area contributed by atoms with E-state index < -0.39 is 9.04 Å². The molecule has 0 aliphatic rings. The maximum absolute atomic E-state index is 5.54. The van der Waals surface area contributed by atoms with Crippen molar-refractivity contribution in [2.75, 3.05) is 6.61 Å². The van der Waals surface area contributed by atoms with Gasteiger partial charge in [-0.1, -0.05) is 32.9 Å². The molecule has 72 valence electrons. The normalized spacial score (nSPS) is 13.2. The van der Waals surface area contributed by atoms with Crippen molar-refractivity contribution in [2.24, 2.45) is 5.41 Å². The van der Waals surface area contributed by atoms with E-state index in [4.69, 9.17) is 4.43 Å². The molecule has 0 radical (unpaired) electrons. The zero-order chi connectivity index (χ0) is 9.61. The minimum absolute atomic E-state index is 0.315. The van der Waals surface area contributed by atoms with E-state index >= 15 is 0 Å². The molecular weight excluding hydrogens is 164 g/mol. The summed E-state index contributed by atoms with van der Waals surface area (Å²) in [5, 5.41) is 0. The van der Waals surface area contributed by atoms with Gasteiger partial charge in [0.15, 0.2) is 9.04 Å². The summed E-state index contributed by atoms with van der Waals surface area (Å²) in [5.41, 5.74) is 0.315. The monoisotopic (exact) mass is 186 g/mol. The van der Waals surface area contributed by atoms with Gasteiger partial charge in [-0.3, -0.25) is 0 Å². The Bertz CT molecular complexity index is 133. The van der Waals surface area contributed by atoms with Crippen LogP contribution in [0.3, 0.4) is 0 Å². The lowest BCUT2D eigenvalue weighted by Gasteiger charge is -2.11.